The summed E-state index contributed by atoms with van der Waals surface area (Å²) in [6.07, 6.45) is 0. The van der Waals surface area contributed by atoms with Crippen LogP contribution in [0.25, 0.3) is 0 Å². The van der Waals surface area contributed by atoms with Gasteiger partial charge in [-0.3, -0.25) is 9.69 Å². The zero-order valence-electron chi connectivity index (χ0n) is 9.16. The van der Waals surface area contributed by atoms with E-state index in [0.717, 1.165) is 32.7 Å². The summed E-state index contributed by atoms with van der Waals surface area (Å²) in [5.74, 6) is -1.04. The smallest absolute Gasteiger partial charge is 0.323 e. The number of nitrogens with zero attached hydrogens (tertiary/aromatic N) is 1. The van der Waals surface area contributed by atoms with Gasteiger partial charge < -0.3 is 21.1 Å². The normalized spacial score (nSPS) is 16.8. The highest BCUT2D eigenvalue weighted by atomic mass is 16.4. The summed E-state index contributed by atoms with van der Waals surface area (Å²) in [6.45, 7) is 4.90. The van der Waals surface area contributed by atoms with Crippen LogP contribution in [0.15, 0.2) is 0 Å². The van der Waals surface area contributed by atoms with Crippen molar-refractivity contribution in [2.75, 3.05) is 45.8 Å². The van der Waals surface area contributed by atoms with E-state index in [1.54, 1.807) is 0 Å². The Morgan fingerprint density at radius 1 is 1.25 bits per heavy atom. The van der Waals surface area contributed by atoms with Gasteiger partial charge in [0, 0.05) is 39.3 Å². The standard InChI is InChI=1S/C9H18N4O3/c14-8(15)7-12-9(16)11-3-6-13-4-1-10-2-5-13/h10H,1-7H2,(H,14,15)(H2,11,12,16). The van der Waals surface area contributed by atoms with Gasteiger partial charge in [0.25, 0.3) is 0 Å². The van der Waals surface area contributed by atoms with Gasteiger partial charge >= 0.3 is 12.0 Å². The van der Waals surface area contributed by atoms with E-state index in [2.05, 4.69) is 20.9 Å². The molecule has 0 spiro atoms. The first-order valence-electron chi connectivity index (χ1n) is 5.35. The number of hydrogen-bond donors (Lipinski definition) is 4. The maximum absolute atomic E-state index is 11.1. The van der Waals surface area contributed by atoms with Gasteiger partial charge in [-0.1, -0.05) is 0 Å². The van der Waals surface area contributed by atoms with E-state index in [4.69, 9.17) is 5.11 Å². The van der Waals surface area contributed by atoms with E-state index in [0.29, 0.717) is 6.54 Å². The number of carbonyl (C=O) groups excluding carboxylic acids is 1. The van der Waals surface area contributed by atoms with Gasteiger partial charge in [-0.15, -0.1) is 0 Å². The molecular formula is C9H18N4O3. The second-order valence-corrected chi connectivity index (χ2v) is 3.59. The van der Waals surface area contributed by atoms with E-state index < -0.39 is 12.0 Å². The molecule has 0 aliphatic carbocycles. The van der Waals surface area contributed by atoms with Crippen LogP contribution in [0.4, 0.5) is 4.79 Å². The molecule has 0 aromatic heterocycles. The summed E-state index contributed by atoms with van der Waals surface area (Å²) in [7, 11) is 0. The van der Waals surface area contributed by atoms with Gasteiger partial charge in [0.2, 0.25) is 0 Å². The molecule has 0 bridgehead atoms. The Bertz CT molecular complexity index is 241. The molecule has 1 aliphatic rings. The summed E-state index contributed by atoms with van der Waals surface area (Å²) >= 11 is 0. The molecule has 0 aromatic rings. The first-order valence-corrected chi connectivity index (χ1v) is 5.35. The molecule has 0 radical (unpaired) electrons. The number of piperazine rings is 1. The molecule has 0 atom stereocenters. The van der Waals surface area contributed by atoms with E-state index in [-0.39, 0.29) is 6.54 Å². The molecule has 92 valence electrons. The molecule has 1 saturated heterocycles. The Labute approximate surface area is 94.2 Å². The molecular weight excluding hydrogens is 212 g/mol. The van der Waals surface area contributed by atoms with Crippen LogP contribution < -0.4 is 16.0 Å². The van der Waals surface area contributed by atoms with E-state index in [1.165, 1.54) is 0 Å². The molecule has 4 N–H and O–H groups in total. The minimum absolute atomic E-state index is 0.348. The van der Waals surface area contributed by atoms with Crippen molar-refractivity contribution in [1.82, 2.24) is 20.9 Å². The summed E-state index contributed by atoms with van der Waals surface area (Å²) in [5, 5.41) is 16.4. The monoisotopic (exact) mass is 230 g/mol. The molecule has 16 heavy (non-hydrogen) atoms. The Kier molecular flexibility index (Phi) is 5.58. The Morgan fingerprint density at radius 2 is 1.94 bits per heavy atom. The molecule has 0 aromatic carbocycles. The number of carboxylic acids is 1. The second kappa shape index (κ2) is 7.02. The molecule has 2 amide bonds. The summed E-state index contributed by atoms with van der Waals surface area (Å²) in [6, 6.07) is -0.433. The van der Waals surface area contributed by atoms with E-state index in [9.17, 15) is 9.59 Å². The fraction of sp³-hybridized carbons (Fsp3) is 0.778. The number of amides is 2. The van der Waals surface area contributed by atoms with Gasteiger partial charge in [-0.05, 0) is 0 Å². The molecule has 7 nitrogen and oxygen atoms in total. The first-order chi connectivity index (χ1) is 7.68. The minimum Gasteiger partial charge on any atom is -0.480 e. The fourth-order valence-corrected chi connectivity index (χ4v) is 1.48. The Balaban J connectivity index is 2.01. The first kappa shape index (κ1) is 12.7. The summed E-state index contributed by atoms with van der Waals surface area (Å²) < 4.78 is 0. The van der Waals surface area contributed by atoms with Crippen molar-refractivity contribution in [3.63, 3.8) is 0 Å². The van der Waals surface area contributed by atoms with Gasteiger partial charge in [-0.2, -0.15) is 0 Å². The fourth-order valence-electron chi connectivity index (χ4n) is 1.48. The number of carbonyl (C=O) groups is 2. The van der Waals surface area contributed by atoms with Crippen LogP contribution in [-0.2, 0) is 4.79 Å². The lowest BCUT2D eigenvalue weighted by molar-refractivity contribution is -0.135. The highest BCUT2D eigenvalue weighted by molar-refractivity contribution is 5.79. The third kappa shape index (κ3) is 5.52. The third-order valence-corrected chi connectivity index (χ3v) is 2.32. The van der Waals surface area contributed by atoms with E-state index >= 15 is 0 Å². The van der Waals surface area contributed by atoms with Crippen molar-refractivity contribution in [2.45, 2.75) is 0 Å². The van der Waals surface area contributed by atoms with Gasteiger partial charge in [0.15, 0.2) is 0 Å². The maximum Gasteiger partial charge on any atom is 0.323 e. The van der Waals surface area contributed by atoms with E-state index in [1.807, 2.05) is 0 Å². The van der Waals surface area contributed by atoms with Crippen molar-refractivity contribution < 1.29 is 14.7 Å². The van der Waals surface area contributed by atoms with Crippen molar-refractivity contribution >= 4 is 12.0 Å². The quantitative estimate of drug-likeness (QED) is 0.450. The zero-order chi connectivity index (χ0) is 11.8. The Morgan fingerprint density at radius 3 is 2.56 bits per heavy atom. The van der Waals surface area contributed by atoms with Crippen molar-refractivity contribution in [1.29, 1.82) is 0 Å². The lowest BCUT2D eigenvalue weighted by atomic mass is 10.3. The molecule has 0 unspecified atom stereocenters. The lowest BCUT2D eigenvalue weighted by Gasteiger charge is -2.27. The van der Waals surface area contributed by atoms with Crippen LogP contribution in [-0.4, -0.2) is 67.8 Å². The number of urea groups is 1. The van der Waals surface area contributed by atoms with Gasteiger partial charge in [0.05, 0.1) is 0 Å². The van der Waals surface area contributed by atoms with Crippen molar-refractivity contribution in [3.05, 3.63) is 0 Å². The molecule has 1 aliphatic heterocycles. The number of hydrogen-bond acceptors (Lipinski definition) is 4. The van der Waals surface area contributed by atoms with Gasteiger partial charge in [-0.25, -0.2) is 4.79 Å². The number of aliphatic carboxylic acids is 1. The molecule has 7 heteroatoms. The predicted molar refractivity (Wildman–Crippen MR) is 58.3 cm³/mol. The molecule has 0 saturated carbocycles. The van der Waals surface area contributed by atoms with Crippen LogP contribution >= 0.6 is 0 Å². The molecule has 1 heterocycles. The third-order valence-electron chi connectivity index (χ3n) is 2.32. The number of carboxylic acid groups (broad SMARTS) is 1. The van der Waals surface area contributed by atoms with Crippen LogP contribution in [0, 0.1) is 0 Å². The van der Waals surface area contributed by atoms with Gasteiger partial charge in [0.1, 0.15) is 6.54 Å². The summed E-state index contributed by atoms with van der Waals surface area (Å²) in [4.78, 5) is 23.5. The molecule has 1 fully saturated rings. The average molecular weight is 230 g/mol. The second-order valence-electron chi connectivity index (χ2n) is 3.59. The average Bonchev–Trinajstić information content (AvgIpc) is 2.28. The lowest BCUT2D eigenvalue weighted by Crippen LogP contribution is -2.47. The highest BCUT2D eigenvalue weighted by Crippen LogP contribution is 1.89. The largest absolute Gasteiger partial charge is 0.480 e. The number of nitrogens with one attached hydrogen (secondary N) is 3. The highest BCUT2D eigenvalue weighted by Gasteiger charge is 2.09. The summed E-state index contributed by atoms with van der Waals surface area (Å²) in [5.41, 5.74) is 0. The maximum atomic E-state index is 11.1. The Hall–Kier alpha value is -1.34. The van der Waals surface area contributed by atoms with Crippen LogP contribution in [0.5, 0.6) is 0 Å². The van der Waals surface area contributed by atoms with Crippen molar-refractivity contribution in [2.24, 2.45) is 0 Å². The minimum atomic E-state index is -1.04. The van der Waals surface area contributed by atoms with Crippen LogP contribution in [0.2, 0.25) is 0 Å². The number of rotatable bonds is 5. The molecule has 1 rings (SSSR count). The van der Waals surface area contributed by atoms with Crippen LogP contribution in [0.3, 0.4) is 0 Å². The van der Waals surface area contributed by atoms with Crippen molar-refractivity contribution in [3.8, 4) is 0 Å². The zero-order valence-corrected chi connectivity index (χ0v) is 9.16. The SMILES string of the molecule is O=C(O)CNC(=O)NCCN1CCNCC1. The predicted octanol–water partition coefficient (Wildman–Crippen LogP) is -1.72. The topological polar surface area (TPSA) is 93.7 Å². The van der Waals surface area contributed by atoms with Crippen LogP contribution in [0.1, 0.15) is 0 Å².